The highest BCUT2D eigenvalue weighted by atomic mass is 19.1. The van der Waals surface area contributed by atoms with Crippen molar-refractivity contribution in [3.63, 3.8) is 0 Å². The first-order valence-corrected chi connectivity index (χ1v) is 10.6. The van der Waals surface area contributed by atoms with Gasteiger partial charge in [0.05, 0.1) is 11.9 Å². The molecule has 158 valence electrons. The van der Waals surface area contributed by atoms with Gasteiger partial charge >= 0.3 is 6.01 Å². The molecule has 3 aromatic rings. The zero-order chi connectivity index (χ0) is 21.2. The highest BCUT2D eigenvalue weighted by molar-refractivity contribution is 5.88. The molecule has 3 aliphatic rings. The second kappa shape index (κ2) is 6.62. The summed E-state index contributed by atoms with van der Waals surface area (Å²) in [7, 11) is 1.81. The molecule has 7 nitrogen and oxygen atoms in total. The number of fused-ring (bicyclic) bond motifs is 3. The summed E-state index contributed by atoms with van der Waals surface area (Å²) < 4.78 is 20.4. The van der Waals surface area contributed by atoms with Crippen LogP contribution in [0.4, 0.5) is 15.9 Å². The van der Waals surface area contributed by atoms with Crippen molar-refractivity contribution in [2.24, 2.45) is 11.1 Å². The van der Waals surface area contributed by atoms with Crippen LogP contribution in [-0.2, 0) is 6.42 Å². The number of anilines is 2. The smallest absolute Gasteiger partial charge is 0.324 e. The lowest BCUT2D eigenvalue weighted by Crippen LogP contribution is -2.24. The van der Waals surface area contributed by atoms with Gasteiger partial charge in [-0.05, 0) is 48.2 Å². The minimum atomic E-state index is -0.278. The largest absolute Gasteiger partial charge is 0.423 e. The molecule has 2 atom stereocenters. The van der Waals surface area contributed by atoms with Gasteiger partial charge in [-0.1, -0.05) is 0 Å². The predicted octanol–water partition coefficient (Wildman–Crippen LogP) is 3.34. The quantitative estimate of drug-likeness (QED) is 0.525. The van der Waals surface area contributed by atoms with Crippen LogP contribution in [0.2, 0.25) is 0 Å². The molecular weight excluding hydrogens is 395 g/mol. The molecule has 31 heavy (non-hydrogen) atoms. The number of halogens is 1. The number of pyridine rings is 1. The highest BCUT2D eigenvalue weighted by Gasteiger charge is 2.56. The van der Waals surface area contributed by atoms with E-state index in [0.29, 0.717) is 12.2 Å². The van der Waals surface area contributed by atoms with E-state index >= 15 is 0 Å². The highest BCUT2D eigenvalue weighted by Crippen LogP contribution is 2.54. The number of nitrogens with zero attached hydrogens (tertiary/aromatic N) is 4. The minimum Gasteiger partial charge on any atom is -0.423 e. The number of hydrogen-bond acceptors (Lipinski definition) is 7. The molecule has 1 aromatic carbocycles. The molecule has 2 fully saturated rings. The Hall–Kier alpha value is -3.26. The number of ether oxygens (including phenoxy) is 1. The molecule has 1 aliphatic heterocycles. The Balaban J connectivity index is 1.47. The van der Waals surface area contributed by atoms with Crippen LogP contribution >= 0.6 is 0 Å². The molecule has 0 unspecified atom stereocenters. The van der Waals surface area contributed by atoms with Gasteiger partial charge in [-0.15, -0.1) is 0 Å². The summed E-state index contributed by atoms with van der Waals surface area (Å²) >= 11 is 0. The standard InChI is InChI=1S/C23H23FN6O/c1-26-17-8-13(24)7-16-15(17)9-18-20(16)21(30-6-4-23(12-30)10-19(23)25)29-22(28-18)31-14-3-2-5-27-11-14/h2-3,5,7-8,11,19,26H,4,6,9-10,12,25H2,1H3/t19-,23-/m1/s1. The zero-order valence-electron chi connectivity index (χ0n) is 17.2. The second-order valence-electron chi connectivity index (χ2n) is 8.69. The van der Waals surface area contributed by atoms with E-state index in [1.165, 1.54) is 6.07 Å². The summed E-state index contributed by atoms with van der Waals surface area (Å²) in [6.45, 7) is 1.72. The maximum Gasteiger partial charge on any atom is 0.324 e. The lowest BCUT2D eigenvalue weighted by Gasteiger charge is -2.22. The molecule has 0 bridgehead atoms. The number of benzene rings is 1. The van der Waals surface area contributed by atoms with Crippen molar-refractivity contribution in [3.05, 3.63) is 53.7 Å². The van der Waals surface area contributed by atoms with Crippen LogP contribution in [-0.4, -0.2) is 41.1 Å². The van der Waals surface area contributed by atoms with Gasteiger partial charge < -0.3 is 20.7 Å². The van der Waals surface area contributed by atoms with Crippen molar-refractivity contribution in [1.82, 2.24) is 15.0 Å². The van der Waals surface area contributed by atoms with E-state index in [0.717, 1.165) is 59.8 Å². The fourth-order valence-electron chi connectivity index (χ4n) is 5.03. The Labute approximate surface area is 179 Å². The molecule has 1 spiro atoms. The van der Waals surface area contributed by atoms with Gasteiger partial charge in [0, 0.05) is 55.5 Å². The number of hydrogen-bond donors (Lipinski definition) is 2. The zero-order valence-corrected chi connectivity index (χ0v) is 17.2. The van der Waals surface area contributed by atoms with Crippen LogP contribution in [0, 0.1) is 11.2 Å². The van der Waals surface area contributed by atoms with Crippen LogP contribution < -0.4 is 20.7 Å². The summed E-state index contributed by atoms with van der Waals surface area (Å²) in [5.74, 6) is 1.10. The van der Waals surface area contributed by atoms with Gasteiger partial charge in [-0.25, -0.2) is 4.39 Å². The monoisotopic (exact) mass is 418 g/mol. The van der Waals surface area contributed by atoms with Crippen molar-refractivity contribution >= 4 is 11.5 Å². The van der Waals surface area contributed by atoms with E-state index in [-0.39, 0.29) is 23.3 Å². The number of nitrogens with one attached hydrogen (secondary N) is 1. The van der Waals surface area contributed by atoms with Crippen LogP contribution in [0.3, 0.4) is 0 Å². The minimum absolute atomic E-state index is 0.182. The summed E-state index contributed by atoms with van der Waals surface area (Å²) in [6, 6.07) is 7.27. The third kappa shape index (κ3) is 2.93. The molecule has 3 N–H and O–H groups in total. The Morgan fingerprint density at radius 3 is 2.90 bits per heavy atom. The first-order chi connectivity index (χ1) is 15.1. The first kappa shape index (κ1) is 18.5. The third-order valence-corrected chi connectivity index (χ3v) is 6.82. The molecule has 6 rings (SSSR count). The van der Waals surface area contributed by atoms with E-state index in [4.69, 9.17) is 20.4 Å². The molecule has 0 amide bonds. The van der Waals surface area contributed by atoms with E-state index in [2.05, 4.69) is 15.2 Å². The molecule has 1 saturated heterocycles. The lowest BCUT2D eigenvalue weighted by atomic mass is 10.0. The van der Waals surface area contributed by atoms with E-state index in [1.54, 1.807) is 31.6 Å². The number of nitrogens with two attached hydrogens (primary N) is 1. The van der Waals surface area contributed by atoms with Gasteiger partial charge in [0.15, 0.2) is 0 Å². The topological polar surface area (TPSA) is 89.2 Å². The normalized spacial score (nSPS) is 23.1. The van der Waals surface area contributed by atoms with Crippen LogP contribution in [0.5, 0.6) is 11.8 Å². The molecule has 0 radical (unpaired) electrons. The Bertz CT molecular complexity index is 1190. The first-order valence-electron chi connectivity index (χ1n) is 10.6. The maximum atomic E-state index is 14.4. The van der Waals surface area contributed by atoms with Crippen molar-refractivity contribution < 1.29 is 9.13 Å². The summed E-state index contributed by atoms with van der Waals surface area (Å²) in [5, 5.41) is 3.12. The molecule has 2 aromatic heterocycles. The fourth-order valence-corrected chi connectivity index (χ4v) is 5.03. The predicted molar refractivity (Wildman–Crippen MR) is 116 cm³/mol. The van der Waals surface area contributed by atoms with Gasteiger partial charge in [-0.3, -0.25) is 4.98 Å². The molecule has 2 aliphatic carbocycles. The van der Waals surface area contributed by atoms with Crippen molar-refractivity contribution in [3.8, 4) is 22.9 Å². The van der Waals surface area contributed by atoms with Gasteiger partial charge in [0.25, 0.3) is 0 Å². The lowest BCUT2D eigenvalue weighted by molar-refractivity contribution is 0.438. The average Bonchev–Trinajstić information content (AvgIpc) is 3.08. The Morgan fingerprint density at radius 2 is 2.19 bits per heavy atom. The molecule has 8 heteroatoms. The molecule has 3 heterocycles. The van der Waals surface area contributed by atoms with Gasteiger partial charge in [0.1, 0.15) is 17.4 Å². The van der Waals surface area contributed by atoms with Crippen molar-refractivity contribution in [2.75, 3.05) is 30.4 Å². The second-order valence-corrected chi connectivity index (χ2v) is 8.69. The van der Waals surface area contributed by atoms with Crippen LogP contribution in [0.1, 0.15) is 24.1 Å². The molecular formula is C23H23FN6O. The summed E-state index contributed by atoms with van der Waals surface area (Å²) in [6.07, 6.45) is 6.01. The summed E-state index contributed by atoms with van der Waals surface area (Å²) in [4.78, 5) is 15.9. The average molecular weight is 418 g/mol. The Kier molecular flexibility index (Phi) is 3.95. The Morgan fingerprint density at radius 1 is 1.32 bits per heavy atom. The van der Waals surface area contributed by atoms with E-state index < -0.39 is 0 Å². The number of aromatic nitrogens is 3. The fraction of sp³-hybridized carbons (Fsp3) is 0.348. The molecule has 1 saturated carbocycles. The van der Waals surface area contributed by atoms with Crippen molar-refractivity contribution in [2.45, 2.75) is 25.3 Å². The number of rotatable bonds is 4. The van der Waals surface area contributed by atoms with E-state index in [9.17, 15) is 4.39 Å². The van der Waals surface area contributed by atoms with Crippen LogP contribution in [0.25, 0.3) is 11.1 Å². The van der Waals surface area contributed by atoms with Crippen LogP contribution in [0.15, 0.2) is 36.7 Å². The van der Waals surface area contributed by atoms with Crippen molar-refractivity contribution in [1.29, 1.82) is 0 Å². The van der Waals surface area contributed by atoms with Gasteiger partial charge in [0.2, 0.25) is 0 Å². The van der Waals surface area contributed by atoms with Gasteiger partial charge in [-0.2, -0.15) is 9.97 Å². The maximum absolute atomic E-state index is 14.4. The third-order valence-electron chi connectivity index (χ3n) is 6.82. The SMILES string of the molecule is CNc1cc(F)cc2c1Cc1nc(Oc3cccnc3)nc(N3CC[C@@]4(C[C@H]4N)C3)c1-2. The van der Waals surface area contributed by atoms with E-state index in [1.807, 2.05) is 6.07 Å². The summed E-state index contributed by atoms with van der Waals surface area (Å²) in [5.41, 5.74) is 10.8.